The van der Waals surface area contributed by atoms with Crippen LogP contribution in [0.2, 0.25) is 0 Å². The molecule has 21 heavy (non-hydrogen) atoms. The Labute approximate surface area is 119 Å². The van der Waals surface area contributed by atoms with E-state index in [2.05, 4.69) is 5.32 Å². The maximum absolute atomic E-state index is 13.2. The summed E-state index contributed by atoms with van der Waals surface area (Å²) in [5.41, 5.74) is -0.0192. The van der Waals surface area contributed by atoms with Crippen LogP contribution in [0.25, 0.3) is 0 Å². The van der Waals surface area contributed by atoms with Crippen LogP contribution >= 0.6 is 0 Å². The van der Waals surface area contributed by atoms with Gasteiger partial charge in [0.1, 0.15) is 0 Å². The Kier molecular flexibility index (Phi) is 5.19. The van der Waals surface area contributed by atoms with Gasteiger partial charge in [-0.3, -0.25) is 4.79 Å². The lowest BCUT2D eigenvalue weighted by Crippen LogP contribution is -2.38. The number of nitrogens with one attached hydrogen (secondary N) is 1. The number of carbonyl (C=O) groups is 1. The Bertz CT molecular complexity index is 495. The molecule has 1 heterocycles. The number of hydrogen-bond donors (Lipinski definition) is 2. The Morgan fingerprint density at radius 2 is 1.86 bits per heavy atom. The van der Waals surface area contributed by atoms with E-state index in [1.54, 1.807) is 0 Å². The second kappa shape index (κ2) is 6.91. The quantitative estimate of drug-likeness (QED) is 0.832. The second-order valence-electron chi connectivity index (χ2n) is 4.93. The molecule has 1 saturated heterocycles. The van der Waals surface area contributed by atoms with Gasteiger partial charge < -0.3 is 15.2 Å². The molecule has 0 aromatic heterocycles. The minimum Gasteiger partial charge on any atom is -0.394 e. The van der Waals surface area contributed by atoms with Gasteiger partial charge in [0.25, 0.3) is 0 Å². The fourth-order valence-electron chi connectivity index (χ4n) is 2.26. The molecule has 2 N–H and O–H groups in total. The number of carbonyl (C=O) groups excluding carboxylic acids is 1. The van der Waals surface area contributed by atoms with Gasteiger partial charge in [-0.2, -0.15) is 0 Å². The van der Waals surface area contributed by atoms with Gasteiger partial charge in [-0.25, -0.2) is 13.2 Å². The molecule has 1 atom stereocenters. The summed E-state index contributed by atoms with van der Waals surface area (Å²) in [7, 11) is 0. The molecule has 0 radical (unpaired) electrons. The Morgan fingerprint density at radius 3 is 2.38 bits per heavy atom. The standard InChI is InChI=1S/C14H16F3NO3/c15-10-5-9(6-11(16)13(10)17)12(7-19)18-14(20)8-1-3-21-4-2-8/h5-6,8,12,19H,1-4,7H2,(H,18,20). The number of halogens is 3. The maximum Gasteiger partial charge on any atom is 0.223 e. The maximum atomic E-state index is 13.2. The molecular weight excluding hydrogens is 287 g/mol. The first-order valence-electron chi connectivity index (χ1n) is 6.66. The van der Waals surface area contributed by atoms with Crippen LogP contribution in [0, 0.1) is 23.4 Å². The Morgan fingerprint density at radius 1 is 1.29 bits per heavy atom. The zero-order valence-corrected chi connectivity index (χ0v) is 11.2. The summed E-state index contributed by atoms with van der Waals surface area (Å²) in [6, 6.07) is 0.553. The van der Waals surface area contributed by atoms with E-state index in [1.165, 1.54) is 0 Å². The molecule has 116 valence electrons. The van der Waals surface area contributed by atoms with E-state index in [4.69, 9.17) is 4.74 Å². The third-order valence-electron chi connectivity index (χ3n) is 3.50. The first-order valence-corrected chi connectivity index (χ1v) is 6.66. The van der Waals surface area contributed by atoms with Crippen LogP contribution in [-0.2, 0) is 9.53 Å². The highest BCUT2D eigenvalue weighted by Crippen LogP contribution is 2.21. The number of aliphatic hydroxyl groups excluding tert-OH is 1. The highest BCUT2D eigenvalue weighted by atomic mass is 19.2. The highest BCUT2D eigenvalue weighted by molar-refractivity contribution is 5.79. The molecule has 1 aliphatic rings. The van der Waals surface area contributed by atoms with E-state index in [9.17, 15) is 23.1 Å². The third-order valence-corrected chi connectivity index (χ3v) is 3.50. The number of aliphatic hydroxyl groups is 1. The highest BCUT2D eigenvalue weighted by Gasteiger charge is 2.25. The average Bonchev–Trinajstić information content (AvgIpc) is 2.50. The molecule has 1 aliphatic heterocycles. The van der Waals surface area contributed by atoms with E-state index < -0.39 is 30.1 Å². The van der Waals surface area contributed by atoms with Gasteiger partial charge in [-0.05, 0) is 30.5 Å². The van der Waals surface area contributed by atoms with Crippen LogP contribution in [0.5, 0.6) is 0 Å². The summed E-state index contributed by atoms with van der Waals surface area (Å²) in [5.74, 6) is -4.87. The van der Waals surface area contributed by atoms with Crippen molar-refractivity contribution in [2.45, 2.75) is 18.9 Å². The fraction of sp³-hybridized carbons (Fsp3) is 0.500. The molecule has 2 rings (SSSR count). The van der Waals surface area contributed by atoms with Gasteiger partial charge in [0, 0.05) is 19.1 Å². The Hall–Kier alpha value is -1.60. The van der Waals surface area contributed by atoms with Crippen molar-refractivity contribution in [1.29, 1.82) is 0 Å². The van der Waals surface area contributed by atoms with Crippen molar-refractivity contribution >= 4 is 5.91 Å². The molecule has 0 aliphatic carbocycles. The van der Waals surface area contributed by atoms with Crippen molar-refractivity contribution in [3.63, 3.8) is 0 Å². The summed E-state index contributed by atoms with van der Waals surface area (Å²) in [5, 5.41) is 11.8. The normalized spacial score (nSPS) is 17.5. The smallest absolute Gasteiger partial charge is 0.223 e. The van der Waals surface area contributed by atoms with Gasteiger partial charge in [0.05, 0.1) is 12.6 Å². The van der Waals surface area contributed by atoms with Gasteiger partial charge in [-0.1, -0.05) is 0 Å². The summed E-state index contributed by atoms with van der Waals surface area (Å²) in [6.07, 6.45) is 1.10. The molecule has 0 bridgehead atoms. The van der Waals surface area contributed by atoms with Crippen LogP contribution in [0.15, 0.2) is 12.1 Å². The van der Waals surface area contributed by atoms with Gasteiger partial charge in [-0.15, -0.1) is 0 Å². The molecular formula is C14H16F3NO3. The largest absolute Gasteiger partial charge is 0.394 e. The number of amides is 1. The van der Waals surface area contributed by atoms with Crippen LogP contribution in [0.4, 0.5) is 13.2 Å². The van der Waals surface area contributed by atoms with Crippen LogP contribution < -0.4 is 5.32 Å². The second-order valence-corrected chi connectivity index (χ2v) is 4.93. The lowest BCUT2D eigenvalue weighted by atomic mass is 9.98. The fourth-order valence-corrected chi connectivity index (χ4v) is 2.26. The summed E-state index contributed by atoms with van der Waals surface area (Å²) in [6.45, 7) is 0.406. The van der Waals surface area contributed by atoms with Crippen LogP contribution in [-0.4, -0.2) is 30.8 Å². The van der Waals surface area contributed by atoms with Crippen molar-refractivity contribution in [2.24, 2.45) is 5.92 Å². The molecule has 0 saturated carbocycles. The first kappa shape index (κ1) is 15.8. The van der Waals surface area contributed by atoms with Crippen LogP contribution in [0.1, 0.15) is 24.4 Å². The monoisotopic (exact) mass is 303 g/mol. The molecule has 0 spiro atoms. The SMILES string of the molecule is O=C(NC(CO)c1cc(F)c(F)c(F)c1)C1CCOCC1. The van der Waals surface area contributed by atoms with E-state index >= 15 is 0 Å². The van der Waals surface area contributed by atoms with Crippen molar-refractivity contribution in [2.75, 3.05) is 19.8 Å². The summed E-state index contributed by atoms with van der Waals surface area (Å²) >= 11 is 0. The molecule has 7 heteroatoms. The lowest BCUT2D eigenvalue weighted by Gasteiger charge is -2.24. The number of benzene rings is 1. The van der Waals surface area contributed by atoms with Crippen molar-refractivity contribution in [3.8, 4) is 0 Å². The lowest BCUT2D eigenvalue weighted by molar-refractivity contribution is -0.129. The zero-order chi connectivity index (χ0) is 15.4. The molecule has 1 aromatic rings. The van der Waals surface area contributed by atoms with Crippen molar-refractivity contribution in [3.05, 3.63) is 35.1 Å². The van der Waals surface area contributed by atoms with Gasteiger partial charge >= 0.3 is 0 Å². The van der Waals surface area contributed by atoms with Gasteiger partial charge in [0.2, 0.25) is 5.91 Å². The summed E-state index contributed by atoms with van der Waals surface area (Å²) < 4.78 is 44.5. The number of hydrogen-bond acceptors (Lipinski definition) is 3. The first-order chi connectivity index (χ1) is 10.0. The van der Waals surface area contributed by atoms with E-state index in [0.29, 0.717) is 26.1 Å². The average molecular weight is 303 g/mol. The molecule has 1 aromatic carbocycles. The van der Waals surface area contributed by atoms with Crippen molar-refractivity contribution in [1.82, 2.24) is 5.32 Å². The predicted molar refractivity (Wildman–Crippen MR) is 67.8 cm³/mol. The van der Waals surface area contributed by atoms with Crippen LogP contribution in [0.3, 0.4) is 0 Å². The molecule has 1 amide bonds. The minimum absolute atomic E-state index is 0.0192. The zero-order valence-electron chi connectivity index (χ0n) is 11.2. The number of ether oxygens (including phenoxy) is 1. The third kappa shape index (κ3) is 3.74. The van der Waals surface area contributed by atoms with E-state index in [0.717, 1.165) is 12.1 Å². The predicted octanol–water partition coefficient (Wildman–Crippen LogP) is 1.68. The molecule has 1 unspecified atom stereocenters. The Balaban J connectivity index is 2.10. The number of rotatable bonds is 4. The van der Waals surface area contributed by atoms with Gasteiger partial charge in [0.15, 0.2) is 17.5 Å². The van der Waals surface area contributed by atoms with E-state index in [-0.39, 0.29) is 17.4 Å². The topological polar surface area (TPSA) is 58.6 Å². The minimum atomic E-state index is -1.58. The molecule has 4 nitrogen and oxygen atoms in total. The molecule has 1 fully saturated rings. The van der Waals surface area contributed by atoms with Crippen molar-refractivity contribution < 1.29 is 27.8 Å². The van der Waals surface area contributed by atoms with E-state index in [1.807, 2.05) is 0 Å². The summed E-state index contributed by atoms with van der Waals surface area (Å²) in [4.78, 5) is 12.0.